The molecular formula is C14H25N5O2S2. The molecule has 1 aromatic rings. The monoisotopic (exact) mass is 359 g/mol. The van der Waals surface area contributed by atoms with Gasteiger partial charge < -0.3 is 0 Å². The zero-order valence-electron chi connectivity index (χ0n) is 13.6. The highest BCUT2D eigenvalue weighted by molar-refractivity contribution is 7.86. The first-order valence-electron chi connectivity index (χ1n) is 8.32. The molecule has 2 fully saturated rings. The number of nitrogens with zero attached hydrogens (tertiary/aromatic N) is 5. The van der Waals surface area contributed by atoms with Crippen LogP contribution in [0.25, 0.3) is 0 Å². The molecule has 9 heteroatoms. The maximum absolute atomic E-state index is 12.8. The van der Waals surface area contributed by atoms with Crippen LogP contribution in [0.15, 0.2) is 0 Å². The maximum atomic E-state index is 12.8. The van der Waals surface area contributed by atoms with Crippen molar-refractivity contribution in [1.29, 1.82) is 0 Å². The molecule has 0 unspecified atom stereocenters. The van der Waals surface area contributed by atoms with Gasteiger partial charge in [0.1, 0.15) is 10.0 Å². The minimum absolute atomic E-state index is 0.566. The Morgan fingerprint density at radius 3 is 2.30 bits per heavy atom. The molecular weight excluding hydrogens is 334 g/mol. The zero-order valence-corrected chi connectivity index (χ0v) is 15.3. The third-order valence-corrected chi connectivity index (χ3v) is 7.30. The Balaban J connectivity index is 1.59. The molecule has 2 aliphatic heterocycles. The van der Waals surface area contributed by atoms with Crippen molar-refractivity contribution in [3.05, 3.63) is 10.0 Å². The second-order valence-corrected chi connectivity index (χ2v) is 9.41. The second-order valence-electron chi connectivity index (χ2n) is 6.21. The largest absolute Gasteiger partial charge is 0.295 e. The van der Waals surface area contributed by atoms with Gasteiger partial charge in [-0.1, -0.05) is 6.42 Å². The van der Waals surface area contributed by atoms with Crippen molar-refractivity contribution in [2.75, 3.05) is 39.3 Å². The summed E-state index contributed by atoms with van der Waals surface area (Å²) in [5.41, 5.74) is 0. The van der Waals surface area contributed by atoms with Crippen LogP contribution in [0.3, 0.4) is 0 Å². The lowest BCUT2D eigenvalue weighted by atomic mass is 10.2. The van der Waals surface area contributed by atoms with E-state index in [1.54, 1.807) is 19.9 Å². The Morgan fingerprint density at radius 2 is 1.61 bits per heavy atom. The van der Waals surface area contributed by atoms with Gasteiger partial charge in [-0.05, 0) is 32.7 Å². The van der Waals surface area contributed by atoms with Crippen molar-refractivity contribution in [3.8, 4) is 0 Å². The number of hydrogen-bond acceptors (Lipinski definition) is 6. The highest BCUT2D eigenvalue weighted by atomic mass is 32.2. The van der Waals surface area contributed by atoms with E-state index in [-0.39, 0.29) is 0 Å². The van der Waals surface area contributed by atoms with Crippen molar-refractivity contribution in [3.63, 3.8) is 0 Å². The van der Waals surface area contributed by atoms with Crippen LogP contribution in [0.5, 0.6) is 0 Å². The van der Waals surface area contributed by atoms with Gasteiger partial charge in [0.15, 0.2) is 0 Å². The van der Waals surface area contributed by atoms with E-state index >= 15 is 0 Å². The Morgan fingerprint density at radius 1 is 0.913 bits per heavy atom. The minimum atomic E-state index is -3.29. The third kappa shape index (κ3) is 4.27. The molecule has 0 bridgehead atoms. The van der Waals surface area contributed by atoms with E-state index in [1.165, 1.54) is 0 Å². The number of hydrogen-bond donors (Lipinski definition) is 0. The predicted molar refractivity (Wildman–Crippen MR) is 90.5 cm³/mol. The lowest BCUT2D eigenvalue weighted by Crippen LogP contribution is -2.47. The van der Waals surface area contributed by atoms with Gasteiger partial charge in [-0.3, -0.25) is 4.90 Å². The molecule has 0 saturated carbocycles. The SMILES string of the molecule is Cc1nnc(CN2CCCN(S(=O)(=O)N3CCCCC3)CC2)s1. The molecule has 0 atom stereocenters. The highest BCUT2D eigenvalue weighted by Crippen LogP contribution is 2.19. The molecule has 7 nitrogen and oxygen atoms in total. The smallest absolute Gasteiger partial charge is 0.282 e. The number of aryl methyl sites for hydroxylation is 1. The van der Waals surface area contributed by atoms with Gasteiger partial charge in [-0.25, -0.2) is 0 Å². The maximum Gasteiger partial charge on any atom is 0.282 e. The Bertz CT molecular complexity index is 612. The highest BCUT2D eigenvalue weighted by Gasteiger charge is 2.31. The van der Waals surface area contributed by atoms with Crippen molar-refractivity contribution < 1.29 is 8.42 Å². The quantitative estimate of drug-likeness (QED) is 0.805. The summed E-state index contributed by atoms with van der Waals surface area (Å²) in [4.78, 5) is 2.28. The van der Waals surface area contributed by atoms with Crippen LogP contribution in [0.2, 0.25) is 0 Å². The molecule has 0 N–H and O–H groups in total. The normalized spacial score (nSPS) is 23.0. The zero-order chi connectivity index (χ0) is 16.3. The first kappa shape index (κ1) is 17.2. The van der Waals surface area contributed by atoms with Gasteiger partial charge in [0, 0.05) is 32.7 Å². The van der Waals surface area contributed by atoms with E-state index in [4.69, 9.17) is 0 Å². The Labute approximate surface area is 142 Å². The summed E-state index contributed by atoms with van der Waals surface area (Å²) in [5, 5.41) is 10.2. The van der Waals surface area contributed by atoms with Gasteiger partial charge in [0.05, 0.1) is 6.54 Å². The van der Waals surface area contributed by atoms with Gasteiger partial charge in [0.25, 0.3) is 10.2 Å². The molecule has 130 valence electrons. The van der Waals surface area contributed by atoms with Crippen LogP contribution >= 0.6 is 11.3 Å². The standard InChI is InChI=1S/C14H25N5O2S2/c1-13-15-16-14(22-13)12-17-6-5-9-19(11-10-17)23(20,21)18-7-3-2-4-8-18/h2-12H2,1H3. The van der Waals surface area contributed by atoms with Crippen LogP contribution in [0.1, 0.15) is 35.7 Å². The number of aromatic nitrogens is 2. The summed E-state index contributed by atoms with van der Waals surface area (Å²) < 4.78 is 28.9. The number of rotatable bonds is 4. The van der Waals surface area contributed by atoms with Crippen LogP contribution in [0, 0.1) is 6.92 Å². The van der Waals surface area contributed by atoms with Crippen molar-refractivity contribution >= 4 is 21.5 Å². The Kier molecular flexibility index (Phi) is 5.63. The number of piperidine rings is 1. The first-order valence-corrected chi connectivity index (χ1v) is 10.5. The average Bonchev–Trinajstić information content (AvgIpc) is 2.81. The molecule has 0 aliphatic carbocycles. The average molecular weight is 360 g/mol. The molecule has 2 saturated heterocycles. The first-order chi connectivity index (χ1) is 11.1. The van der Waals surface area contributed by atoms with Gasteiger partial charge in [-0.15, -0.1) is 21.5 Å². The van der Waals surface area contributed by atoms with Crippen LogP contribution < -0.4 is 0 Å². The molecule has 2 aliphatic rings. The fourth-order valence-electron chi connectivity index (χ4n) is 3.19. The summed E-state index contributed by atoms with van der Waals surface area (Å²) in [6.45, 7) is 6.91. The summed E-state index contributed by atoms with van der Waals surface area (Å²) >= 11 is 1.61. The molecule has 0 aromatic carbocycles. The lowest BCUT2D eigenvalue weighted by Gasteiger charge is -2.31. The third-order valence-electron chi connectivity index (χ3n) is 4.44. The van der Waals surface area contributed by atoms with E-state index < -0.39 is 10.2 Å². The Hall–Kier alpha value is -0.610. The van der Waals surface area contributed by atoms with E-state index in [0.29, 0.717) is 26.2 Å². The van der Waals surface area contributed by atoms with Gasteiger partial charge >= 0.3 is 0 Å². The van der Waals surface area contributed by atoms with Gasteiger partial charge in [-0.2, -0.15) is 17.0 Å². The summed E-state index contributed by atoms with van der Waals surface area (Å²) in [7, 11) is -3.29. The molecule has 23 heavy (non-hydrogen) atoms. The van der Waals surface area contributed by atoms with Gasteiger partial charge in [0.2, 0.25) is 0 Å². The predicted octanol–water partition coefficient (Wildman–Crippen LogP) is 1.08. The van der Waals surface area contributed by atoms with Crippen LogP contribution in [-0.2, 0) is 16.8 Å². The van der Waals surface area contributed by atoms with E-state index in [9.17, 15) is 8.42 Å². The molecule has 0 spiro atoms. The molecule has 1 aromatic heterocycles. The molecule has 3 heterocycles. The van der Waals surface area contributed by atoms with E-state index in [0.717, 1.165) is 55.3 Å². The summed E-state index contributed by atoms with van der Waals surface area (Å²) in [5.74, 6) is 0. The minimum Gasteiger partial charge on any atom is -0.295 e. The van der Waals surface area contributed by atoms with E-state index in [2.05, 4.69) is 15.1 Å². The van der Waals surface area contributed by atoms with Crippen LogP contribution in [-0.4, -0.2) is 71.4 Å². The van der Waals surface area contributed by atoms with Crippen LogP contribution in [0.4, 0.5) is 0 Å². The van der Waals surface area contributed by atoms with Crippen molar-refractivity contribution in [2.24, 2.45) is 0 Å². The topological polar surface area (TPSA) is 69.6 Å². The van der Waals surface area contributed by atoms with Crippen molar-refractivity contribution in [1.82, 2.24) is 23.7 Å². The lowest BCUT2D eigenvalue weighted by molar-refractivity contribution is 0.271. The summed E-state index contributed by atoms with van der Waals surface area (Å²) in [6.07, 6.45) is 3.97. The molecule has 0 radical (unpaired) electrons. The summed E-state index contributed by atoms with van der Waals surface area (Å²) in [6, 6.07) is 0. The fraction of sp³-hybridized carbons (Fsp3) is 0.857. The van der Waals surface area contributed by atoms with E-state index in [1.807, 2.05) is 6.92 Å². The fourth-order valence-corrected chi connectivity index (χ4v) is 5.66. The van der Waals surface area contributed by atoms with Crippen molar-refractivity contribution in [2.45, 2.75) is 39.2 Å². The molecule has 0 amide bonds. The second kappa shape index (κ2) is 7.52. The molecule has 3 rings (SSSR count).